The zero-order valence-electron chi connectivity index (χ0n) is 16.4. The number of guanidine groups is 1. The number of aromatic nitrogens is 1. The van der Waals surface area contributed by atoms with E-state index in [0.717, 1.165) is 83.3 Å². The Morgan fingerprint density at radius 1 is 1.33 bits per heavy atom. The van der Waals surface area contributed by atoms with Gasteiger partial charge in [-0.05, 0) is 32.1 Å². The van der Waals surface area contributed by atoms with Crippen LogP contribution in [-0.4, -0.2) is 70.1 Å². The van der Waals surface area contributed by atoms with Gasteiger partial charge in [0.25, 0.3) is 0 Å². The monoisotopic (exact) mass is 395 g/mol. The molecule has 3 rings (SSSR count). The molecule has 152 valence electrons. The summed E-state index contributed by atoms with van der Waals surface area (Å²) in [5.74, 6) is 0.837. The van der Waals surface area contributed by atoms with Gasteiger partial charge in [0.15, 0.2) is 11.1 Å². The van der Waals surface area contributed by atoms with Gasteiger partial charge in [-0.15, -0.1) is 11.3 Å². The highest BCUT2D eigenvalue weighted by Crippen LogP contribution is 2.24. The maximum Gasteiger partial charge on any atom is 0.190 e. The molecule has 0 aliphatic carbocycles. The van der Waals surface area contributed by atoms with Crippen molar-refractivity contribution in [1.82, 2.24) is 15.6 Å². The minimum atomic E-state index is 0.309. The van der Waals surface area contributed by atoms with E-state index in [2.05, 4.69) is 25.9 Å². The van der Waals surface area contributed by atoms with Crippen LogP contribution in [0.4, 0.5) is 5.13 Å². The predicted molar refractivity (Wildman–Crippen MR) is 111 cm³/mol. The molecule has 2 fully saturated rings. The maximum absolute atomic E-state index is 5.68. The van der Waals surface area contributed by atoms with Gasteiger partial charge in [0.05, 0.1) is 18.4 Å². The van der Waals surface area contributed by atoms with E-state index >= 15 is 0 Å². The van der Waals surface area contributed by atoms with E-state index in [4.69, 9.17) is 14.5 Å². The third-order valence-corrected chi connectivity index (χ3v) is 5.85. The predicted octanol–water partition coefficient (Wildman–Crippen LogP) is 2.04. The van der Waals surface area contributed by atoms with Crippen LogP contribution in [0.1, 0.15) is 37.8 Å². The highest BCUT2D eigenvalue weighted by atomic mass is 32.1. The van der Waals surface area contributed by atoms with Gasteiger partial charge in [0.1, 0.15) is 0 Å². The Morgan fingerprint density at radius 3 is 2.96 bits per heavy atom. The third-order valence-electron chi connectivity index (χ3n) is 4.90. The average molecular weight is 396 g/mol. The zero-order valence-corrected chi connectivity index (χ0v) is 17.2. The molecule has 8 heteroatoms. The second-order valence-corrected chi connectivity index (χ2v) is 7.89. The van der Waals surface area contributed by atoms with Crippen molar-refractivity contribution in [3.8, 4) is 0 Å². The summed E-state index contributed by atoms with van der Waals surface area (Å²) >= 11 is 1.76. The smallest absolute Gasteiger partial charge is 0.190 e. The zero-order chi connectivity index (χ0) is 18.7. The first-order valence-electron chi connectivity index (χ1n) is 10.2. The Bertz CT molecular complexity index is 568. The molecular weight excluding hydrogens is 362 g/mol. The Morgan fingerprint density at radius 2 is 2.19 bits per heavy atom. The molecule has 0 aromatic carbocycles. The molecule has 1 atom stereocenters. The fraction of sp³-hybridized carbons (Fsp3) is 0.789. The largest absolute Gasteiger partial charge is 0.379 e. The van der Waals surface area contributed by atoms with Crippen molar-refractivity contribution in [1.29, 1.82) is 0 Å². The van der Waals surface area contributed by atoms with Crippen molar-refractivity contribution in [2.45, 2.75) is 44.6 Å². The van der Waals surface area contributed by atoms with Gasteiger partial charge in [0, 0.05) is 58.2 Å². The number of aliphatic imine (C=N–C) groups is 1. The summed E-state index contributed by atoms with van der Waals surface area (Å²) in [6.45, 7) is 6.34. The Hall–Kier alpha value is -1.38. The molecule has 0 saturated carbocycles. The van der Waals surface area contributed by atoms with Crippen molar-refractivity contribution in [3.63, 3.8) is 0 Å². The molecule has 2 aliphatic rings. The van der Waals surface area contributed by atoms with Crippen LogP contribution in [0.3, 0.4) is 0 Å². The summed E-state index contributed by atoms with van der Waals surface area (Å²) in [5, 5.41) is 10.0. The molecule has 1 aromatic heterocycles. The van der Waals surface area contributed by atoms with E-state index in [1.165, 1.54) is 18.0 Å². The lowest BCUT2D eigenvalue weighted by Crippen LogP contribution is -2.39. The number of ether oxygens (including phenoxy) is 2. The molecule has 1 aromatic rings. The maximum atomic E-state index is 5.68. The van der Waals surface area contributed by atoms with E-state index in [-0.39, 0.29) is 0 Å². The van der Waals surface area contributed by atoms with Gasteiger partial charge in [-0.25, -0.2) is 4.98 Å². The lowest BCUT2D eigenvalue weighted by atomic mass is 10.2. The van der Waals surface area contributed by atoms with Gasteiger partial charge in [-0.3, -0.25) is 4.99 Å². The van der Waals surface area contributed by atoms with Crippen LogP contribution in [-0.2, 0) is 15.9 Å². The second-order valence-electron chi connectivity index (χ2n) is 7.05. The summed E-state index contributed by atoms with van der Waals surface area (Å²) in [6.07, 6.45) is 7.05. The van der Waals surface area contributed by atoms with Gasteiger partial charge in [-0.2, -0.15) is 0 Å². The second kappa shape index (κ2) is 11.5. The lowest BCUT2D eigenvalue weighted by Gasteiger charge is -2.13. The molecular formula is C19H33N5O2S. The van der Waals surface area contributed by atoms with E-state index in [1.54, 1.807) is 18.4 Å². The molecule has 27 heavy (non-hydrogen) atoms. The molecule has 0 amide bonds. The highest BCUT2D eigenvalue weighted by Gasteiger charge is 2.16. The lowest BCUT2D eigenvalue weighted by molar-refractivity contribution is 0.0168. The van der Waals surface area contributed by atoms with Crippen LogP contribution in [0.5, 0.6) is 0 Å². The molecule has 0 spiro atoms. The van der Waals surface area contributed by atoms with Gasteiger partial charge in [-0.1, -0.05) is 0 Å². The number of hydrogen-bond donors (Lipinski definition) is 2. The third kappa shape index (κ3) is 6.93. The molecule has 0 bridgehead atoms. The first-order valence-corrected chi connectivity index (χ1v) is 11.1. The first-order chi connectivity index (χ1) is 13.3. The SMILES string of the molecule is CN=C(NCCCOCC1CCCO1)NCCc1csc(N2CCCC2)n1. The van der Waals surface area contributed by atoms with Gasteiger partial charge < -0.3 is 25.0 Å². The first kappa shape index (κ1) is 20.4. The topological polar surface area (TPSA) is 71.0 Å². The summed E-state index contributed by atoms with van der Waals surface area (Å²) in [5.41, 5.74) is 1.16. The summed E-state index contributed by atoms with van der Waals surface area (Å²) < 4.78 is 11.2. The number of rotatable bonds is 10. The number of hydrogen-bond acceptors (Lipinski definition) is 6. The quantitative estimate of drug-likeness (QED) is 0.359. The van der Waals surface area contributed by atoms with Crippen molar-refractivity contribution >= 4 is 22.4 Å². The summed E-state index contributed by atoms with van der Waals surface area (Å²) in [4.78, 5) is 11.4. The number of anilines is 1. The molecule has 3 heterocycles. The Balaban J connectivity index is 1.23. The highest BCUT2D eigenvalue weighted by molar-refractivity contribution is 7.13. The van der Waals surface area contributed by atoms with E-state index in [0.29, 0.717) is 6.10 Å². The minimum absolute atomic E-state index is 0.309. The van der Waals surface area contributed by atoms with Crippen LogP contribution >= 0.6 is 11.3 Å². The number of thiazole rings is 1. The fourth-order valence-corrected chi connectivity index (χ4v) is 4.28. The van der Waals surface area contributed by atoms with Gasteiger partial charge in [0.2, 0.25) is 0 Å². The van der Waals surface area contributed by atoms with Crippen molar-refractivity contribution in [2.24, 2.45) is 4.99 Å². The van der Waals surface area contributed by atoms with Crippen LogP contribution in [0.15, 0.2) is 10.4 Å². The molecule has 0 radical (unpaired) electrons. The normalized spacial score (nSPS) is 20.4. The van der Waals surface area contributed by atoms with Crippen LogP contribution in [0, 0.1) is 0 Å². The molecule has 2 N–H and O–H groups in total. The molecule has 7 nitrogen and oxygen atoms in total. The summed E-state index contributed by atoms with van der Waals surface area (Å²) in [7, 11) is 1.80. The van der Waals surface area contributed by atoms with E-state index < -0.39 is 0 Å². The molecule has 2 saturated heterocycles. The molecule has 1 unspecified atom stereocenters. The fourth-order valence-electron chi connectivity index (χ4n) is 3.37. The summed E-state index contributed by atoms with van der Waals surface area (Å²) in [6, 6.07) is 0. The Labute approximate surface area is 166 Å². The van der Waals surface area contributed by atoms with Gasteiger partial charge >= 0.3 is 0 Å². The van der Waals surface area contributed by atoms with Crippen molar-refractivity contribution in [2.75, 3.05) is 57.9 Å². The van der Waals surface area contributed by atoms with Crippen LogP contribution in [0.2, 0.25) is 0 Å². The minimum Gasteiger partial charge on any atom is -0.379 e. The van der Waals surface area contributed by atoms with E-state index in [9.17, 15) is 0 Å². The van der Waals surface area contributed by atoms with Crippen LogP contribution in [0.25, 0.3) is 0 Å². The van der Waals surface area contributed by atoms with Crippen LogP contribution < -0.4 is 15.5 Å². The standard InChI is InChI=1S/C19H33N5O2S/c1-20-18(21-8-5-12-25-14-17-6-4-13-26-17)22-9-7-16-15-27-19(23-16)24-10-2-3-11-24/h15,17H,2-14H2,1H3,(H2,20,21,22). The van der Waals surface area contributed by atoms with Crippen molar-refractivity contribution < 1.29 is 9.47 Å². The van der Waals surface area contributed by atoms with E-state index in [1.807, 2.05) is 0 Å². The molecule has 2 aliphatic heterocycles. The average Bonchev–Trinajstić information content (AvgIpc) is 3.45. The number of nitrogens with one attached hydrogen (secondary N) is 2. The van der Waals surface area contributed by atoms with Crippen molar-refractivity contribution in [3.05, 3.63) is 11.1 Å². The number of nitrogens with zero attached hydrogens (tertiary/aromatic N) is 3. The Kier molecular flexibility index (Phi) is 8.64.